The number of carboxylic acids is 1. The Morgan fingerprint density at radius 2 is 1.90 bits per heavy atom. The second-order valence-electron chi connectivity index (χ2n) is 11.5. The first-order chi connectivity index (χ1) is 22.9. The average molecular weight is 705 g/mol. The van der Waals surface area contributed by atoms with Gasteiger partial charge in [0.1, 0.15) is 29.2 Å². The largest absolute Gasteiger partial charge is 0.496 e. The van der Waals surface area contributed by atoms with Gasteiger partial charge in [-0.25, -0.2) is 14.2 Å². The van der Waals surface area contributed by atoms with Crippen LogP contribution in [0.15, 0.2) is 42.5 Å². The molecule has 3 aromatic rings. The first-order valence-electron chi connectivity index (χ1n) is 15.3. The van der Waals surface area contributed by atoms with Gasteiger partial charge in [-0.2, -0.15) is 0 Å². The van der Waals surface area contributed by atoms with Crippen LogP contribution in [-0.2, 0) is 19.2 Å². The molecule has 1 heterocycles. The third kappa shape index (κ3) is 8.84. The molecule has 15 heteroatoms. The summed E-state index contributed by atoms with van der Waals surface area (Å²) < 4.78 is 19.8. The van der Waals surface area contributed by atoms with Crippen molar-refractivity contribution in [2.24, 2.45) is 11.7 Å². The highest BCUT2D eigenvalue weighted by Crippen LogP contribution is 2.39. The van der Waals surface area contributed by atoms with Crippen LogP contribution < -0.4 is 21.2 Å². The minimum Gasteiger partial charge on any atom is -0.496 e. The third-order valence-corrected chi connectivity index (χ3v) is 8.68. The standard InChI is InChI=1S/C33H36Cl2FN5O7/c1-48-25-9-5-8-22-29(25)30(31(39-22)33(46)47)24(16-26(37)42)41(28(44)17-34)40-32(45)23(14-18-6-3-2-4-7-18)38-27(43)13-11-19-10-12-20(35)15-21(19)36/h5,8-13,15,18,23-24,39H,2-4,6-7,14,16-17H2,1H3,(H2,37,42)(H,38,43)(H,40,45)(H,46,47)/b13-11+/t23-,24?/m0/s1. The number of aromatic carboxylic acids is 1. The molecule has 6 N–H and O–H groups in total. The quantitative estimate of drug-likeness (QED) is 0.0957. The molecule has 0 bridgehead atoms. The minimum absolute atomic E-state index is 0.0479. The molecule has 0 saturated heterocycles. The highest BCUT2D eigenvalue weighted by Gasteiger charge is 2.37. The van der Waals surface area contributed by atoms with Crippen molar-refractivity contribution >= 4 is 69.8 Å². The predicted molar refractivity (Wildman–Crippen MR) is 178 cm³/mol. The molecule has 48 heavy (non-hydrogen) atoms. The summed E-state index contributed by atoms with van der Waals surface area (Å²) in [5.74, 6) is -5.73. The number of benzene rings is 2. The van der Waals surface area contributed by atoms with Crippen molar-refractivity contribution in [3.05, 3.63) is 70.1 Å². The fourth-order valence-corrected chi connectivity index (χ4v) is 6.30. The fraction of sp³-hybridized carbons (Fsp3) is 0.364. The topological polar surface area (TPSA) is 184 Å². The van der Waals surface area contributed by atoms with Crippen molar-refractivity contribution in [2.75, 3.05) is 13.0 Å². The number of aromatic nitrogens is 1. The lowest BCUT2D eigenvalue weighted by molar-refractivity contribution is -0.145. The molecule has 1 aliphatic rings. The molecule has 1 aliphatic carbocycles. The zero-order valence-electron chi connectivity index (χ0n) is 26.1. The number of carboxylic acid groups (broad SMARTS) is 1. The summed E-state index contributed by atoms with van der Waals surface area (Å²) in [5, 5.41) is 14.0. The van der Waals surface area contributed by atoms with Crippen LogP contribution in [0.1, 0.15) is 72.6 Å². The van der Waals surface area contributed by atoms with Gasteiger partial charge in [-0.3, -0.25) is 24.6 Å². The number of nitrogens with two attached hydrogens (primary N) is 1. The Labute approximate surface area is 285 Å². The lowest BCUT2D eigenvalue weighted by Gasteiger charge is -2.33. The molecule has 2 aromatic carbocycles. The number of aromatic amines is 1. The number of alkyl halides is 1. The van der Waals surface area contributed by atoms with Gasteiger partial charge >= 0.3 is 5.97 Å². The van der Waals surface area contributed by atoms with Gasteiger partial charge in [0, 0.05) is 27.6 Å². The summed E-state index contributed by atoms with van der Waals surface area (Å²) in [7, 11) is 1.37. The smallest absolute Gasteiger partial charge is 0.352 e. The Morgan fingerprint density at radius 3 is 2.52 bits per heavy atom. The highest BCUT2D eigenvalue weighted by molar-refractivity contribution is 6.30. The molecule has 12 nitrogen and oxygen atoms in total. The van der Waals surface area contributed by atoms with E-state index in [9.17, 15) is 33.5 Å². The van der Waals surface area contributed by atoms with Crippen molar-refractivity contribution in [3.8, 4) is 5.75 Å². The van der Waals surface area contributed by atoms with Crippen LogP contribution >= 0.6 is 23.2 Å². The first kappa shape index (κ1) is 36.2. The van der Waals surface area contributed by atoms with Gasteiger partial charge in [0.05, 0.1) is 25.1 Å². The normalized spacial score (nSPS) is 14.8. The zero-order valence-corrected chi connectivity index (χ0v) is 27.6. The van der Waals surface area contributed by atoms with Crippen molar-refractivity contribution in [3.63, 3.8) is 0 Å². The fourth-order valence-electron chi connectivity index (χ4n) is 6.01. The van der Waals surface area contributed by atoms with Crippen LogP contribution in [-0.4, -0.2) is 63.7 Å². The van der Waals surface area contributed by atoms with Crippen LogP contribution in [0.4, 0.5) is 4.39 Å². The van der Waals surface area contributed by atoms with Gasteiger partial charge in [0.2, 0.25) is 11.8 Å². The molecule has 0 spiro atoms. The molecule has 4 rings (SSSR count). The Bertz CT molecular complexity index is 1720. The van der Waals surface area contributed by atoms with E-state index in [1.54, 1.807) is 18.2 Å². The maximum atomic E-state index is 14.3. The Hall–Kier alpha value is -4.62. The summed E-state index contributed by atoms with van der Waals surface area (Å²) in [4.78, 5) is 68.0. The number of primary amides is 1. The molecule has 1 unspecified atom stereocenters. The number of hydrogen-bond donors (Lipinski definition) is 5. The van der Waals surface area contributed by atoms with E-state index in [0.717, 1.165) is 49.3 Å². The molecule has 0 aliphatic heterocycles. The van der Waals surface area contributed by atoms with Gasteiger partial charge in [0.25, 0.3) is 11.8 Å². The average Bonchev–Trinajstić information content (AvgIpc) is 3.46. The monoisotopic (exact) mass is 703 g/mol. The Morgan fingerprint density at radius 1 is 1.17 bits per heavy atom. The molecule has 4 amide bonds. The number of hydrazine groups is 1. The Balaban J connectivity index is 1.72. The van der Waals surface area contributed by atoms with Gasteiger partial charge in [0.15, 0.2) is 0 Å². The lowest BCUT2D eigenvalue weighted by atomic mass is 9.84. The van der Waals surface area contributed by atoms with Crippen molar-refractivity contribution < 1.29 is 38.2 Å². The number of methoxy groups -OCH3 is 1. The van der Waals surface area contributed by atoms with Crippen LogP contribution in [0, 0.1) is 11.7 Å². The predicted octanol–water partition coefficient (Wildman–Crippen LogP) is 4.85. The SMILES string of the molecule is COc1cccc2[nH]c(C(=O)O)c(C(CC(N)=O)N(NC(=O)[C@H](CC3CCCCC3)NC(=O)/C=C/c3ccc(Cl)cc3F)C(=O)CCl)c12. The summed E-state index contributed by atoms with van der Waals surface area (Å²) in [5.41, 5.74) is 8.10. The van der Waals surface area contributed by atoms with Crippen molar-refractivity contribution in [1.82, 2.24) is 20.7 Å². The molecule has 1 saturated carbocycles. The molecular weight excluding hydrogens is 668 g/mol. The van der Waals surface area contributed by atoms with Gasteiger partial charge < -0.3 is 25.9 Å². The minimum atomic E-state index is -1.45. The number of rotatable bonds is 13. The van der Waals surface area contributed by atoms with E-state index in [1.807, 2.05) is 0 Å². The van der Waals surface area contributed by atoms with E-state index < -0.39 is 59.8 Å². The summed E-state index contributed by atoms with van der Waals surface area (Å²) in [6, 6.07) is 6.10. The molecule has 2 atom stereocenters. The molecular formula is C33H36Cl2FN5O7. The number of carbonyl (C=O) groups is 5. The third-order valence-electron chi connectivity index (χ3n) is 8.21. The van der Waals surface area contributed by atoms with E-state index >= 15 is 0 Å². The summed E-state index contributed by atoms with van der Waals surface area (Å²) in [6.07, 6.45) is 6.48. The number of amides is 4. The van der Waals surface area contributed by atoms with E-state index in [0.29, 0.717) is 5.52 Å². The molecule has 256 valence electrons. The van der Waals surface area contributed by atoms with Gasteiger partial charge in [-0.05, 0) is 42.7 Å². The number of hydrogen-bond acceptors (Lipinski definition) is 6. The van der Waals surface area contributed by atoms with E-state index in [1.165, 1.54) is 25.3 Å². The second kappa shape index (κ2) is 16.5. The van der Waals surface area contributed by atoms with Crippen molar-refractivity contribution in [2.45, 2.75) is 57.0 Å². The summed E-state index contributed by atoms with van der Waals surface area (Å²) in [6.45, 7) is 0. The number of nitrogens with zero attached hydrogens (tertiary/aromatic N) is 1. The van der Waals surface area contributed by atoms with Gasteiger partial charge in [-0.15, -0.1) is 11.6 Å². The number of nitrogens with one attached hydrogen (secondary N) is 3. The lowest BCUT2D eigenvalue weighted by Crippen LogP contribution is -2.56. The number of halogens is 3. The van der Waals surface area contributed by atoms with E-state index in [2.05, 4.69) is 15.7 Å². The number of H-pyrrole nitrogens is 1. The van der Waals surface area contributed by atoms with Crippen LogP contribution in [0.2, 0.25) is 5.02 Å². The van der Waals surface area contributed by atoms with E-state index in [4.69, 9.17) is 33.7 Å². The first-order valence-corrected chi connectivity index (χ1v) is 16.2. The van der Waals surface area contributed by atoms with E-state index in [-0.39, 0.29) is 45.3 Å². The highest BCUT2D eigenvalue weighted by atomic mass is 35.5. The Kier molecular flexibility index (Phi) is 12.4. The van der Waals surface area contributed by atoms with Crippen LogP contribution in [0.25, 0.3) is 17.0 Å². The van der Waals surface area contributed by atoms with Crippen LogP contribution in [0.3, 0.4) is 0 Å². The second-order valence-corrected chi connectivity index (χ2v) is 12.2. The van der Waals surface area contributed by atoms with Gasteiger partial charge in [-0.1, -0.05) is 55.8 Å². The van der Waals surface area contributed by atoms with Crippen LogP contribution in [0.5, 0.6) is 5.75 Å². The molecule has 0 radical (unpaired) electrons. The molecule has 1 fully saturated rings. The summed E-state index contributed by atoms with van der Waals surface area (Å²) >= 11 is 11.8. The number of carbonyl (C=O) groups excluding carboxylic acids is 4. The number of fused-ring (bicyclic) bond motifs is 1. The zero-order chi connectivity index (χ0) is 35.0. The maximum absolute atomic E-state index is 14.3. The van der Waals surface area contributed by atoms with Crippen molar-refractivity contribution in [1.29, 1.82) is 0 Å². The molecule has 1 aromatic heterocycles. The number of ether oxygens (including phenoxy) is 1. The maximum Gasteiger partial charge on any atom is 0.352 e.